The maximum absolute atomic E-state index is 5.88. The summed E-state index contributed by atoms with van der Waals surface area (Å²) in [6.07, 6.45) is 9.04. The monoisotopic (exact) mass is 440 g/mol. The van der Waals surface area contributed by atoms with Gasteiger partial charge in [-0.3, -0.25) is 0 Å². The van der Waals surface area contributed by atoms with Gasteiger partial charge < -0.3 is 20.1 Å². The molecule has 0 aromatic heterocycles. The van der Waals surface area contributed by atoms with Gasteiger partial charge in [-0.2, -0.15) is 0 Å². The maximum atomic E-state index is 5.88. The van der Waals surface area contributed by atoms with Gasteiger partial charge >= 0.3 is 0 Å². The standard InChI is InChI=1S/C28H44N2O2/c1-5-23(6-2)29-25-13-17-27(18-14-25)31-21-11-9-10-12-22-32-28-19-15-26(16-20-28)30-24(7-3)8-4/h13-20,23-24,29-30H,5-12,21-22H2,1-4H3. The summed E-state index contributed by atoms with van der Waals surface area (Å²) in [5, 5.41) is 7.12. The molecule has 0 saturated carbocycles. The van der Waals surface area contributed by atoms with Crippen LogP contribution in [0, 0.1) is 0 Å². The molecule has 4 nitrogen and oxygen atoms in total. The summed E-state index contributed by atoms with van der Waals surface area (Å²) in [6, 6.07) is 17.8. The Kier molecular flexibility index (Phi) is 12.5. The van der Waals surface area contributed by atoms with Crippen molar-refractivity contribution in [3.63, 3.8) is 0 Å². The van der Waals surface area contributed by atoms with E-state index in [0.29, 0.717) is 12.1 Å². The normalized spacial score (nSPS) is 11.1. The highest BCUT2D eigenvalue weighted by atomic mass is 16.5. The number of anilines is 2. The van der Waals surface area contributed by atoms with Gasteiger partial charge in [-0.15, -0.1) is 0 Å². The van der Waals surface area contributed by atoms with Crippen LogP contribution in [0.5, 0.6) is 11.5 Å². The SMILES string of the molecule is CCC(CC)Nc1ccc(OCCCCCCOc2ccc(NC(CC)CC)cc2)cc1. The van der Waals surface area contributed by atoms with E-state index in [4.69, 9.17) is 9.47 Å². The number of rotatable bonds is 17. The molecule has 0 saturated heterocycles. The summed E-state index contributed by atoms with van der Waals surface area (Å²) >= 11 is 0. The third-order valence-corrected chi connectivity index (χ3v) is 6.00. The van der Waals surface area contributed by atoms with E-state index in [1.165, 1.54) is 11.4 Å². The maximum Gasteiger partial charge on any atom is 0.119 e. The quantitative estimate of drug-likeness (QED) is 0.245. The lowest BCUT2D eigenvalue weighted by Crippen LogP contribution is -2.16. The molecule has 0 radical (unpaired) electrons. The minimum Gasteiger partial charge on any atom is -0.494 e. The lowest BCUT2D eigenvalue weighted by atomic mass is 10.1. The molecule has 2 rings (SSSR count). The van der Waals surface area contributed by atoms with Crippen LogP contribution in [0.15, 0.2) is 48.5 Å². The Morgan fingerprint density at radius 1 is 0.531 bits per heavy atom. The molecule has 0 aliphatic heterocycles. The minimum atomic E-state index is 0.543. The van der Waals surface area contributed by atoms with Gasteiger partial charge in [-0.05, 0) is 99.9 Å². The molecule has 2 N–H and O–H groups in total. The second kappa shape index (κ2) is 15.4. The van der Waals surface area contributed by atoms with Crippen LogP contribution in [0.2, 0.25) is 0 Å². The van der Waals surface area contributed by atoms with E-state index in [0.717, 1.165) is 76.1 Å². The zero-order valence-electron chi connectivity index (χ0n) is 20.7. The van der Waals surface area contributed by atoms with Gasteiger partial charge in [0.25, 0.3) is 0 Å². The lowest BCUT2D eigenvalue weighted by molar-refractivity contribution is 0.287. The van der Waals surface area contributed by atoms with Crippen LogP contribution < -0.4 is 20.1 Å². The van der Waals surface area contributed by atoms with E-state index >= 15 is 0 Å². The van der Waals surface area contributed by atoms with Crippen molar-refractivity contribution in [2.75, 3.05) is 23.8 Å². The molecule has 0 aliphatic carbocycles. The Morgan fingerprint density at radius 3 is 1.19 bits per heavy atom. The zero-order valence-corrected chi connectivity index (χ0v) is 20.7. The number of ether oxygens (including phenoxy) is 2. The van der Waals surface area contributed by atoms with Crippen LogP contribution in [0.4, 0.5) is 11.4 Å². The molecule has 4 heteroatoms. The Morgan fingerprint density at radius 2 is 0.875 bits per heavy atom. The van der Waals surface area contributed by atoms with E-state index in [-0.39, 0.29) is 0 Å². The Balaban J connectivity index is 1.52. The third-order valence-electron chi connectivity index (χ3n) is 6.00. The first-order chi connectivity index (χ1) is 15.7. The minimum absolute atomic E-state index is 0.543. The van der Waals surface area contributed by atoms with Gasteiger partial charge in [-0.1, -0.05) is 27.7 Å². The molecule has 0 spiro atoms. The average molecular weight is 441 g/mol. The van der Waals surface area contributed by atoms with Gasteiger partial charge in [-0.25, -0.2) is 0 Å². The van der Waals surface area contributed by atoms with Crippen molar-refractivity contribution >= 4 is 11.4 Å². The van der Waals surface area contributed by atoms with Crippen molar-refractivity contribution in [1.29, 1.82) is 0 Å². The largest absolute Gasteiger partial charge is 0.494 e. The fraction of sp³-hybridized carbons (Fsp3) is 0.571. The van der Waals surface area contributed by atoms with Gasteiger partial charge in [0.2, 0.25) is 0 Å². The first-order valence-electron chi connectivity index (χ1n) is 12.7. The Hall–Kier alpha value is -2.36. The molecule has 2 aromatic carbocycles. The topological polar surface area (TPSA) is 42.5 Å². The first kappa shape index (κ1) is 25.9. The summed E-state index contributed by atoms with van der Waals surface area (Å²) in [5.41, 5.74) is 2.34. The van der Waals surface area contributed by atoms with E-state index in [1.807, 2.05) is 0 Å². The molecule has 0 unspecified atom stereocenters. The number of benzene rings is 2. The third kappa shape index (κ3) is 9.84. The number of hydrogen-bond acceptors (Lipinski definition) is 4. The predicted octanol–water partition coefficient (Wildman–Crippen LogP) is 7.91. The first-order valence-corrected chi connectivity index (χ1v) is 12.7. The Labute approximate surface area is 196 Å². The molecule has 0 aliphatic rings. The highest BCUT2D eigenvalue weighted by Crippen LogP contribution is 2.19. The highest BCUT2D eigenvalue weighted by Gasteiger charge is 2.04. The van der Waals surface area contributed by atoms with Crippen molar-refractivity contribution in [1.82, 2.24) is 0 Å². The molecule has 0 heterocycles. The van der Waals surface area contributed by atoms with Gasteiger partial charge in [0, 0.05) is 23.5 Å². The Bertz CT molecular complexity index is 644. The van der Waals surface area contributed by atoms with Crippen LogP contribution in [0.1, 0.15) is 79.1 Å². The van der Waals surface area contributed by atoms with E-state index < -0.39 is 0 Å². The van der Waals surface area contributed by atoms with E-state index in [9.17, 15) is 0 Å². The number of hydrogen-bond donors (Lipinski definition) is 2. The predicted molar refractivity (Wildman–Crippen MR) is 138 cm³/mol. The van der Waals surface area contributed by atoms with Gasteiger partial charge in [0.05, 0.1) is 13.2 Å². The molecule has 2 aromatic rings. The number of unbranched alkanes of at least 4 members (excludes halogenated alkanes) is 3. The van der Waals surface area contributed by atoms with Crippen molar-refractivity contribution in [2.24, 2.45) is 0 Å². The van der Waals surface area contributed by atoms with Crippen molar-refractivity contribution in [3.8, 4) is 11.5 Å². The zero-order chi connectivity index (χ0) is 23.0. The summed E-state index contributed by atoms with van der Waals surface area (Å²) in [5.74, 6) is 1.90. The molecule has 32 heavy (non-hydrogen) atoms. The van der Waals surface area contributed by atoms with Crippen molar-refractivity contribution in [2.45, 2.75) is 91.1 Å². The van der Waals surface area contributed by atoms with Crippen molar-refractivity contribution in [3.05, 3.63) is 48.5 Å². The second-order valence-electron chi connectivity index (χ2n) is 8.48. The number of nitrogens with one attached hydrogen (secondary N) is 2. The molecule has 0 fully saturated rings. The van der Waals surface area contributed by atoms with Crippen LogP contribution >= 0.6 is 0 Å². The summed E-state index contributed by atoms with van der Waals surface area (Å²) in [4.78, 5) is 0. The fourth-order valence-corrected chi connectivity index (χ4v) is 3.69. The molecule has 0 amide bonds. The molecular weight excluding hydrogens is 396 g/mol. The molecule has 0 atom stereocenters. The summed E-state index contributed by atoms with van der Waals surface area (Å²) < 4.78 is 11.8. The molecular formula is C28H44N2O2. The fourth-order valence-electron chi connectivity index (χ4n) is 3.69. The van der Waals surface area contributed by atoms with E-state index in [2.05, 4.69) is 86.9 Å². The summed E-state index contributed by atoms with van der Waals surface area (Å²) in [6.45, 7) is 10.4. The van der Waals surface area contributed by atoms with Crippen LogP contribution in [0.25, 0.3) is 0 Å². The van der Waals surface area contributed by atoms with Crippen LogP contribution in [-0.4, -0.2) is 25.3 Å². The highest BCUT2D eigenvalue weighted by molar-refractivity contribution is 5.47. The summed E-state index contributed by atoms with van der Waals surface area (Å²) in [7, 11) is 0. The second-order valence-corrected chi connectivity index (χ2v) is 8.48. The molecule has 0 bridgehead atoms. The molecule has 178 valence electrons. The lowest BCUT2D eigenvalue weighted by Gasteiger charge is -2.16. The van der Waals surface area contributed by atoms with Gasteiger partial charge in [0.15, 0.2) is 0 Å². The van der Waals surface area contributed by atoms with Crippen LogP contribution in [0.3, 0.4) is 0 Å². The van der Waals surface area contributed by atoms with Crippen LogP contribution in [-0.2, 0) is 0 Å². The van der Waals surface area contributed by atoms with Crippen molar-refractivity contribution < 1.29 is 9.47 Å². The van der Waals surface area contributed by atoms with Gasteiger partial charge in [0.1, 0.15) is 11.5 Å². The van der Waals surface area contributed by atoms with E-state index in [1.54, 1.807) is 0 Å². The average Bonchev–Trinajstić information content (AvgIpc) is 2.84. The smallest absolute Gasteiger partial charge is 0.119 e.